The van der Waals surface area contributed by atoms with Gasteiger partial charge in [-0.25, -0.2) is 4.98 Å². The molecule has 114 valence electrons. The molecular weight excluding hydrogens is 284 g/mol. The van der Waals surface area contributed by atoms with E-state index >= 15 is 0 Å². The maximum absolute atomic E-state index is 11.5. The molecule has 6 heteroatoms. The number of nitrogens with zero attached hydrogens (tertiary/aromatic N) is 2. The molecule has 0 spiro atoms. The number of hydrogen-bond donors (Lipinski definition) is 2. The van der Waals surface area contributed by atoms with Crippen molar-refractivity contribution in [1.29, 1.82) is 0 Å². The van der Waals surface area contributed by atoms with Gasteiger partial charge >= 0.3 is 0 Å². The number of anilines is 1. The zero-order valence-electron chi connectivity index (χ0n) is 12.9. The molecule has 0 saturated carbocycles. The largest absolute Gasteiger partial charge is 0.320 e. The summed E-state index contributed by atoms with van der Waals surface area (Å²) in [4.78, 5) is 20.1. The van der Waals surface area contributed by atoms with Crippen molar-refractivity contribution >= 4 is 23.1 Å². The van der Waals surface area contributed by atoms with E-state index in [1.54, 1.807) is 18.5 Å². The molecule has 2 aromatic rings. The van der Waals surface area contributed by atoms with Gasteiger partial charge in [-0.3, -0.25) is 9.78 Å². The summed E-state index contributed by atoms with van der Waals surface area (Å²) in [6.45, 7) is 7.70. The van der Waals surface area contributed by atoms with E-state index in [4.69, 9.17) is 5.73 Å². The van der Waals surface area contributed by atoms with Crippen LogP contribution in [-0.4, -0.2) is 21.9 Å². The summed E-state index contributed by atoms with van der Waals surface area (Å²) in [6.07, 6.45) is 2.71. The maximum atomic E-state index is 11.5. The van der Waals surface area contributed by atoms with Crippen molar-refractivity contribution < 1.29 is 4.79 Å². The first-order chi connectivity index (χ1) is 10.1. The third-order valence-corrected chi connectivity index (χ3v) is 3.49. The molecule has 0 bridgehead atoms. The second-order valence-electron chi connectivity index (χ2n) is 4.21. The Labute approximate surface area is 129 Å². The summed E-state index contributed by atoms with van der Waals surface area (Å²) in [5.74, 6) is 0.290. The van der Waals surface area contributed by atoms with Crippen LogP contribution >= 0.6 is 11.3 Å². The van der Waals surface area contributed by atoms with Crippen LogP contribution in [0.4, 0.5) is 5.82 Å². The number of carbonyl (C=O) groups excluding carboxylic acids is 1. The molecule has 5 nitrogen and oxygen atoms in total. The number of nitrogens with one attached hydrogen (secondary N) is 1. The first-order valence-corrected chi connectivity index (χ1v) is 7.95. The molecule has 0 radical (unpaired) electrons. The lowest BCUT2D eigenvalue weighted by Gasteiger charge is -2.03. The van der Waals surface area contributed by atoms with Gasteiger partial charge in [0.1, 0.15) is 10.8 Å². The van der Waals surface area contributed by atoms with Crippen LogP contribution in [-0.2, 0) is 11.2 Å². The minimum Gasteiger partial charge on any atom is -0.320 e. The average molecular weight is 306 g/mol. The summed E-state index contributed by atoms with van der Waals surface area (Å²) in [5, 5.41) is 5.29. The zero-order chi connectivity index (χ0) is 15.8. The van der Waals surface area contributed by atoms with E-state index in [-0.39, 0.29) is 5.91 Å². The number of aryl methyl sites for hydroxylation is 1. The molecule has 0 fully saturated rings. The fraction of sp³-hybridized carbons (Fsp3) is 0.400. The minimum absolute atomic E-state index is 0.240. The SMILES string of the molecule is CC.CCc1ccc(-c2nc(NC(=O)C(C)N)cs2)cn1. The molecule has 0 aromatic carbocycles. The molecule has 1 atom stereocenters. The molecule has 2 aromatic heterocycles. The van der Waals surface area contributed by atoms with Crippen molar-refractivity contribution in [2.75, 3.05) is 5.32 Å². The van der Waals surface area contributed by atoms with Crippen LogP contribution in [0, 0.1) is 0 Å². The van der Waals surface area contributed by atoms with E-state index in [1.807, 2.05) is 26.0 Å². The highest BCUT2D eigenvalue weighted by Crippen LogP contribution is 2.25. The van der Waals surface area contributed by atoms with Crippen LogP contribution in [0.5, 0.6) is 0 Å². The molecular formula is C15H22N4OS. The number of pyridine rings is 1. The van der Waals surface area contributed by atoms with Gasteiger partial charge in [0.15, 0.2) is 0 Å². The molecule has 21 heavy (non-hydrogen) atoms. The Kier molecular flexibility index (Phi) is 6.98. The van der Waals surface area contributed by atoms with Gasteiger partial charge in [-0.2, -0.15) is 0 Å². The van der Waals surface area contributed by atoms with Crippen LogP contribution in [0.1, 0.15) is 33.4 Å². The smallest absolute Gasteiger partial charge is 0.242 e. The molecule has 0 aliphatic carbocycles. The summed E-state index contributed by atoms with van der Waals surface area (Å²) in [5.41, 5.74) is 7.48. The molecule has 2 rings (SSSR count). The standard InChI is InChI=1S/C13H16N4OS.C2H6/c1-3-10-5-4-9(6-15-10)13-17-11(7-19-13)16-12(18)8(2)14;1-2/h4-8H,3,14H2,1-2H3,(H,16,18);1-2H3. The minimum atomic E-state index is -0.546. The quantitative estimate of drug-likeness (QED) is 0.909. The molecule has 1 amide bonds. The molecule has 0 aliphatic heterocycles. The number of amides is 1. The van der Waals surface area contributed by atoms with Crippen molar-refractivity contribution in [2.24, 2.45) is 5.73 Å². The van der Waals surface area contributed by atoms with Crippen molar-refractivity contribution in [3.05, 3.63) is 29.4 Å². The Balaban J connectivity index is 0.00000106. The van der Waals surface area contributed by atoms with Crippen LogP contribution in [0.3, 0.4) is 0 Å². The number of aromatic nitrogens is 2. The van der Waals surface area contributed by atoms with Crippen molar-refractivity contribution in [1.82, 2.24) is 9.97 Å². The third kappa shape index (κ3) is 4.91. The normalized spacial score (nSPS) is 11.3. The average Bonchev–Trinajstić information content (AvgIpc) is 2.97. The number of rotatable bonds is 4. The lowest BCUT2D eigenvalue weighted by Crippen LogP contribution is -2.32. The second-order valence-corrected chi connectivity index (χ2v) is 5.07. The molecule has 2 heterocycles. The zero-order valence-corrected chi connectivity index (χ0v) is 13.7. The summed E-state index contributed by atoms with van der Waals surface area (Å²) >= 11 is 1.46. The van der Waals surface area contributed by atoms with E-state index in [0.717, 1.165) is 22.7 Å². The van der Waals surface area contributed by atoms with Gasteiger partial charge in [-0.05, 0) is 25.5 Å². The number of carbonyl (C=O) groups is 1. The maximum Gasteiger partial charge on any atom is 0.242 e. The van der Waals surface area contributed by atoms with Crippen LogP contribution in [0.15, 0.2) is 23.7 Å². The molecule has 3 N–H and O–H groups in total. The Hall–Kier alpha value is -1.79. The Bertz CT molecular complexity index is 563. The van der Waals surface area contributed by atoms with Crippen LogP contribution < -0.4 is 11.1 Å². The highest BCUT2D eigenvalue weighted by atomic mass is 32.1. The van der Waals surface area contributed by atoms with E-state index in [2.05, 4.69) is 22.2 Å². The van der Waals surface area contributed by atoms with E-state index < -0.39 is 6.04 Å². The Morgan fingerprint density at radius 3 is 2.67 bits per heavy atom. The van der Waals surface area contributed by atoms with E-state index in [0.29, 0.717) is 5.82 Å². The van der Waals surface area contributed by atoms with Crippen LogP contribution in [0.25, 0.3) is 10.6 Å². The number of thiazole rings is 1. The molecule has 0 aliphatic rings. The van der Waals surface area contributed by atoms with E-state index in [9.17, 15) is 4.79 Å². The Morgan fingerprint density at radius 2 is 2.14 bits per heavy atom. The lowest BCUT2D eigenvalue weighted by atomic mass is 10.2. The van der Waals surface area contributed by atoms with Gasteiger partial charge in [-0.15, -0.1) is 11.3 Å². The van der Waals surface area contributed by atoms with Gasteiger partial charge in [0.25, 0.3) is 0 Å². The monoisotopic (exact) mass is 306 g/mol. The van der Waals surface area contributed by atoms with E-state index in [1.165, 1.54) is 11.3 Å². The summed E-state index contributed by atoms with van der Waals surface area (Å²) < 4.78 is 0. The number of hydrogen-bond acceptors (Lipinski definition) is 5. The van der Waals surface area contributed by atoms with Crippen molar-refractivity contribution in [2.45, 2.75) is 40.2 Å². The lowest BCUT2D eigenvalue weighted by molar-refractivity contribution is -0.117. The highest BCUT2D eigenvalue weighted by Gasteiger charge is 2.11. The fourth-order valence-electron chi connectivity index (χ4n) is 1.46. The first kappa shape index (κ1) is 17.3. The molecule has 0 saturated heterocycles. The summed E-state index contributed by atoms with van der Waals surface area (Å²) in [7, 11) is 0. The predicted molar refractivity (Wildman–Crippen MR) is 88.4 cm³/mol. The predicted octanol–water partition coefficient (Wildman–Crippen LogP) is 3.08. The van der Waals surface area contributed by atoms with Gasteiger partial charge in [0.2, 0.25) is 5.91 Å². The van der Waals surface area contributed by atoms with Crippen molar-refractivity contribution in [3.8, 4) is 10.6 Å². The van der Waals surface area contributed by atoms with Gasteiger partial charge in [0, 0.05) is 22.8 Å². The fourth-order valence-corrected chi connectivity index (χ4v) is 2.21. The topological polar surface area (TPSA) is 80.9 Å². The first-order valence-electron chi connectivity index (χ1n) is 7.07. The molecule has 1 unspecified atom stereocenters. The Morgan fingerprint density at radius 1 is 1.43 bits per heavy atom. The van der Waals surface area contributed by atoms with Crippen LogP contribution in [0.2, 0.25) is 0 Å². The number of nitrogens with two attached hydrogens (primary N) is 1. The summed E-state index contributed by atoms with van der Waals surface area (Å²) in [6, 6.07) is 3.43. The van der Waals surface area contributed by atoms with Gasteiger partial charge < -0.3 is 11.1 Å². The third-order valence-electron chi connectivity index (χ3n) is 2.60. The second kappa shape index (κ2) is 8.49. The van der Waals surface area contributed by atoms with Crippen molar-refractivity contribution in [3.63, 3.8) is 0 Å². The van der Waals surface area contributed by atoms with Gasteiger partial charge in [0.05, 0.1) is 6.04 Å². The highest BCUT2D eigenvalue weighted by molar-refractivity contribution is 7.13. The van der Waals surface area contributed by atoms with Gasteiger partial charge in [-0.1, -0.05) is 20.8 Å².